The van der Waals surface area contributed by atoms with Gasteiger partial charge < -0.3 is 14.4 Å². The maximum Gasteiger partial charge on any atom is 0.193 e. The molecule has 2 aliphatic heterocycles. The molecular formula is C16H22ClNO2. The van der Waals surface area contributed by atoms with Crippen LogP contribution in [0.5, 0.6) is 0 Å². The van der Waals surface area contributed by atoms with Crippen molar-refractivity contribution in [3.8, 4) is 0 Å². The zero-order chi connectivity index (χ0) is 14.0. The Balaban J connectivity index is 1.64. The second-order valence-electron chi connectivity index (χ2n) is 5.84. The zero-order valence-corrected chi connectivity index (χ0v) is 12.7. The summed E-state index contributed by atoms with van der Waals surface area (Å²) in [6.07, 6.45) is 4.09. The van der Waals surface area contributed by atoms with Crippen LogP contribution in [0.15, 0.2) is 24.3 Å². The van der Waals surface area contributed by atoms with Gasteiger partial charge in [0.25, 0.3) is 0 Å². The summed E-state index contributed by atoms with van der Waals surface area (Å²) in [6.45, 7) is 5.92. The first-order valence-corrected chi connectivity index (χ1v) is 7.84. The van der Waals surface area contributed by atoms with Crippen molar-refractivity contribution >= 4 is 11.6 Å². The lowest BCUT2D eigenvalue weighted by atomic mass is 10.1. The van der Waals surface area contributed by atoms with Gasteiger partial charge in [-0.2, -0.15) is 0 Å². The zero-order valence-electron chi connectivity index (χ0n) is 12.0. The summed E-state index contributed by atoms with van der Waals surface area (Å²) in [7, 11) is 0. The van der Waals surface area contributed by atoms with E-state index in [0.717, 1.165) is 12.1 Å². The van der Waals surface area contributed by atoms with E-state index in [4.69, 9.17) is 21.1 Å². The molecule has 2 atom stereocenters. The minimum absolute atomic E-state index is 0.134. The highest BCUT2D eigenvalue weighted by molar-refractivity contribution is 6.31. The Hall–Kier alpha value is -0.610. The van der Waals surface area contributed by atoms with E-state index in [1.54, 1.807) is 0 Å². The number of piperidine rings is 1. The molecule has 0 aromatic heterocycles. The summed E-state index contributed by atoms with van der Waals surface area (Å²) in [5.74, 6) is -0.710. The quantitative estimate of drug-likeness (QED) is 0.853. The molecule has 2 fully saturated rings. The molecule has 1 aromatic rings. The fourth-order valence-corrected chi connectivity index (χ4v) is 3.44. The minimum Gasteiger partial charge on any atom is -0.343 e. The predicted octanol–water partition coefficient (Wildman–Crippen LogP) is 3.41. The Labute approximate surface area is 125 Å². The average Bonchev–Trinajstić information content (AvgIpc) is 2.83. The second-order valence-corrected chi connectivity index (χ2v) is 6.24. The van der Waals surface area contributed by atoms with Crippen LogP contribution < -0.4 is 0 Å². The molecule has 2 saturated heterocycles. The van der Waals surface area contributed by atoms with Gasteiger partial charge in [-0.15, -0.1) is 0 Å². The first-order valence-electron chi connectivity index (χ1n) is 7.46. The van der Waals surface area contributed by atoms with Crippen molar-refractivity contribution in [1.29, 1.82) is 0 Å². The predicted molar refractivity (Wildman–Crippen MR) is 79.9 cm³/mol. The highest BCUT2D eigenvalue weighted by atomic mass is 35.5. The maximum absolute atomic E-state index is 6.26. The highest BCUT2D eigenvalue weighted by Gasteiger charge is 2.40. The molecule has 1 aromatic carbocycles. The van der Waals surface area contributed by atoms with Gasteiger partial charge in [0.15, 0.2) is 5.79 Å². The van der Waals surface area contributed by atoms with E-state index in [9.17, 15) is 0 Å². The topological polar surface area (TPSA) is 21.7 Å². The summed E-state index contributed by atoms with van der Waals surface area (Å²) in [5, 5.41) is 0.702. The van der Waals surface area contributed by atoms with Crippen LogP contribution in [0.4, 0.5) is 0 Å². The fourth-order valence-electron chi connectivity index (χ4n) is 3.13. The number of likely N-dealkylation sites (tertiary alicyclic amines) is 1. The number of ether oxygens (including phenoxy) is 2. The molecule has 0 spiro atoms. The maximum atomic E-state index is 6.26. The third-order valence-corrected chi connectivity index (χ3v) is 4.54. The Morgan fingerprint density at radius 3 is 2.75 bits per heavy atom. The lowest BCUT2D eigenvalue weighted by Gasteiger charge is -2.29. The lowest BCUT2D eigenvalue weighted by molar-refractivity contribution is -0.163. The van der Waals surface area contributed by atoms with Gasteiger partial charge in [0.05, 0.1) is 12.7 Å². The van der Waals surface area contributed by atoms with E-state index < -0.39 is 5.79 Å². The van der Waals surface area contributed by atoms with Crippen molar-refractivity contribution in [3.63, 3.8) is 0 Å². The molecule has 0 N–H and O–H groups in total. The van der Waals surface area contributed by atoms with Crippen LogP contribution in [0.3, 0.4) is 0 Å². The smallest absolute Gasteiger partial charge is 0.193 e. The molecule has 20 heavy (non-hydrogen) atoms. The number of hydrogen-bond acceptors (Lipinski definition) is 3. The van der Waals surface area contributed by atoms with Crippen LogP contribution in [0.2, 0.25) is 5.02 Å². The first kappa shape index (κ1) is 14.3. The van der Waals surface area contributed by atoms with Crippen LogP contribution in [0, 0.1) is 0 Å². The molecular weight excluding hydrogens is 274 g/mol. The average molecular weight is 296 g/mol. The number of hydrogen-bond donors (Lipinski definition) is 0. The summed E-state index contributed by atoms with van der Waals surface area (Å²) >= 11 is 6.26. The number of halogens is 1. The lowest BCUT2D eigenvalue weighted by Crippen LogP contribution is -2.38. The molecule has 2 aliphatic rings. The van der Waals surface area contributed by atoms with Gasteiger partial charge in [-0.3, -0.25) is 0 Å². The molecule has 2 heterocycles. The van der Waals surface area contributed by atoms with E-state index >= 15 is 0 Å². The van der Waals surface area contributed by atoms with E-state index in [-0.39, 0.29) is 6.10 Å². The molecule has 0 radical (unpaired) electrons. The summed E-state index contributed by atoms with van der Waals surface area (Å²) in [6, 6.07) is 7.75. The van der Waals surface area contributed by atoms with Crippen molar-refractivity contribution in [2.75, 3.05) is 26.2 Å². The Kier molecular flexibility index (Phi) is 4.32. The Morgan fingerprint density at radius 1 is 1.25 bits per heavy atom. The van der Waals surface area contributed by atoms with Crippen molar-refractivity contribution in [2.45, 2.75) is 38.1 Å². The normalized spacial score (nSPS) is 31.6. The van der Waals surface area contributed by atoms with Crippen molar-refractivity contribution < 1.29 is 9.47 Å². The van der Waals surface area contributed by atoms with E-state index in [2.05, 4.69) is 4.90 Å². The minimum atomic E-state index is -0.710. The van der Waals surface area contributed by atoms with Crippen LogP contribution in [-0.2, 0) is 15.3 Å². The second kappa shape index (κ2) is 6.02. The van der Waals surface area contributed by atoms with Crippen molar-refractivity contribution in [2.24, 2.45) is 0 Å². The molecule has 3 rings (SSSR count). The Bertz CT molecular complexity index is 462. The molecule has 2 unspecified atom stereocenters. The van der Waals surface area contributed by atoms with Gasteiger partial charge in [0.1, 0.15) is 0 Å². The molecule has 0 bridgehead atoms. The summed E-state index contributed by atoms with van der Waals surface area (Å²) in [5.41, 5.74) is 0.919. The fraction of sp³-hybridized carbons (Fsp3) is 0.625. The first-order chi connectivity index (χ1) is 9.67. The van der Waals surface area contributed by atoms with Gasteiger partial charge >= 0.3 is 0 Å². The largest absolute Gasteiger partial charge is 0.343 e. The molecule has 3 nitrogen and oxygen atoms in total. The third-order valence-electron chi connectivity index (χ3n) is 4.21. The van der Waals surface area contributed by atoms with Gasteiger partial charge in [0.2, 0.25) is 0 Å². The van der Waals surface area contributed by atoms with Gasteiger partial charge in [-0.25, -0.2) is 0 Å². The monoisotopic (exact) mass is 295 g/mol. The number of rotatable bonds is 3. The van der Waals surface area contributed by atoms with Crippen LogP contribution in [0.1, 0.15) is 31.7 Å². The summed E-state index contributed by atoms with van der Waals surface area (Å²) in [4.78, 5) is 2.48. The molecule has 0 aliphatic carbocycles. The molecule has 0 saturated carbocycles. The molecule has 0 amide bonds. The standard InChI is InChI=1S/C16H22ClNO2/c1-16(14-7-3-4-8-15(14)17)19-12-13(20-16)11-18-9-5-2-6-10-18/h3-4,7-8,13H,2,5-6,9-12H2,1H3. The van der Waals surface area contributed by atoms with Crippen LogP contribution >= 0.6 is 11.6 Å². The van der Waals surface area contributed by atoms with Gasteiger partial charge in [-0.1, -0.05) is 36.2 Å². The number of benzene rings is 1. The van der Waals surface area contributed by atoms with Gasteiger partial charge in [-0.05, 0) is 38.9 Å². The van der Waals surface area contributed by atoms with E-state index in [1.807, 2.05) is 31.2 Å². The third kappa shape index (κ3) is 3.01. The Morgan fingerprint density at radius 2 is 2.00 bits per heavy atom. The summed E-state index contributed by atoms with van der Waals surface area (Å²) < 4.78 is 12.1. The van der Waals surface area contributed by atoms with Crippen LogP contribution in [-0.4, -0.2) is 37.2 Å². The van der Waals surface area contributed by atoms with Crippen molar-refractivity contribution in [3.05, 3.63) is 34.9 Å². The molecule has 110 valence electrons. The van der Waals surface area contributed by atoms with Crippen molar-refractivity contribution in [1.82, 2.24) is 4.90 Å². The number of nitrogens with zero attached hydrogens (tertiary/aromatic N) is 1. The SMILES string of the molecule is CC1(c2ccccc2Cl)OCC(CN2CCCCC2)O1. The molecule has 4 heteroatoms. The van der Waals surface area contributed by atoms with E-state index in [1.165, 1.54) is 32.4 Å². The highest BCUT2D eigenvalue weighted by Crippen LogP contribution is 2.37. The van der Waals surface area contributed by atoms with Crippen LogP contribution in [0.25, 0.3) is 0 Å². The van der Waals surface area contributed by atoms with E-state index in [0.29, 0.717) is 11.6 Å². The van der Waals surface area contributed by atoms with Gasteiger partial charge in [0, 0.05) is 17.1 Å².